The Morgan fingerprint density at radius 2 is 2.08 bits per heavy atom. The van der Waals surface area contributed by atoms with Gasteiger partial charge in [-0.1, -0.05) is 26.0 Å². The van der Waals surface area contributed by atoms with Crippen LogP contribution in [0.3, 0.4) is 0 Å². The summed E-state index contributed by atoms with van der Waals surface area (Å²) in [6.45, 7) is 4.37. The maximum atomic E-state index is 10.1. The number of rotatable bonds is 2. The van der Waals surface area contributed by atoms with E-state index in [-0.39, 0.29) is 5.41 Å². The van der Waals surface area contributed by atoms with Gasteiger partial charge in [0.15, 0.2) is 0 Å². The van der Waals surface area contributed by atoms with Crippen LogP contribution in [-0.4, -0.2) is 10.7 Å². The van der Waals surface area contributed by atoms with Crippen LogP contribution in [0.1, 0.15) is 39.5 Å². The molecule has 0 saturated heterocycles. The Labute approximate surface area is 80.9 Å². The molecule has 0 aromatic rings. The highest BCUT2D eigenvalue weighted by Crippen LogP contribution is 2.36. The van der Waals surface area contributed by atoms with Crippen LogP contribution in [0.25, 0.3) is 0 Å². The molecule has 1 aliphatic carbocycles. The molecule has 0 radical (unpaired) electrons. The molecule has 0 aromatic carbocycles. The van der Waals surface area contributed by atoms with Gasteiger partial charge in [0, 0.05) is 6.42 Å². The third kappa shape index (κ3) is 2.90. The molecule has 0 bridgehead atoms. The van der Waals surface area contributed by atoms with Gasteiger partial charge in [-0.25, -0.2) is 0 Å². The molecule has 1 heteroatoms. The van der Waals surface area contributed by atoms with Gasteiger partial charge in [0.2, 0.25) is 0 Å². The van der Waals surface area contributed by atoms with Gasteiger partial charge in [-0.2, -0.15) is 0 Å². The van der Waals surface area contributed by atoms with E-state index in [1.807, 2.05) is 6.08 Å². The molecule has 0 aliphatic heterocycles. The van der Waals surface area contributed by atoms with Crippen LogP contribution in [-0.2, 0) is 0 Å². The van der Waals surface area contributed by atoms with E-state index >= 15 is 0 Å². The van der Waals surface area contributed by atoms with Crippen molar-refractivity contribution in [3.8, 4) is 12.3 Å². The largest absolute Gasteiger partial charge is 0.386 e. The first kappa shape index (κ1) is 10.3. The van der Waals surface area contributed by atoms with Crippen LogP contribution in [0.15, 0.2) is 12.2 Å². The predicted octanol–water partition coefficient (Wildman–Crippen LogP) is 2.51. The van der Waals surface area contributed by atoms with Gasteiger partial charge in [-0.3, -0.25) is 0 Å². The zero-order valence-electron chi connectivity index (χ0n) is 8.51. The zero-order valence-corrected chi connectivity index (χ0v) is 8.51. The summed E-state index contributed by atoms with van der Waals surface area (Å²) < 4.78 is 0. The van der Waals surface area contributed by atoms with Gasteiger partial charge >= 0.3 is 0 Å². The second kappa shape index (κ2) is 3.55. The molecular formula is C12H18O. The minimum absolute atomic E-state index is 0.238. The number of aliphatic hydroxyl groups is 1. The Balaban J connectivity index is 2.60. The first-order valence-corrected chi connectivity index (χ1v) is 4.84. The Morgan fingerprint density at radius 1 is 1.38 bits per heavy atom. The fourth-order valence-electron chi connectivity index (χ4n) is 1.58. The molecule has 0 aromatic heterocycles. The second-order valence-corrected chi connectivity index (χ2v) is 4.63. The molecule has 1 atom stereocenters. The predicted molar refractivity (Wildman–Crippen MR) is 55.2 cm³/mol. The average Bonchev–Trinajstić information content (AvgIpc) is 2.08. The number of hydrogen-bond donors (Lipinski definition) is 1. The van der Waals surface area contributed by atoms with Crippen molar-refractivity contribution in [1.29, 1.82) is 0 Å². The third-order valence-corrected chi connectivity index (χ3v) is 2.75. The van der Waals surface area contributed by atoms with Crippen LogP contribution >= 0.6 is 0 Å². The van der Waals surface area contributed by atoms with Gasteiger partial charge in [-0.15, -0.1) is 12.3 Å². The quantitative estimate of drug-likeness (QED) is 0.509. The number of hydrogen-bond acceptors (Lipinski definition) is 1. The zero-order chi connectivity index (χ0) is 9.95. The number of allylic oxidation sites excluding steroid dienone is 1. The highest BCUT2D eigenvalue weighted by atomic mass is 16.3. The average molecular weight is 178 g/mol. The highest BCUT2D eigenvalue weighted by molar-refractivity contribution is 5.11. The van der Waals surface area contributed by atoms with Crippen LogP contribution in [0.2, 0.25) is 0 Å². The van der Waals surface area contributed by atoms with Crippen molar-refractivity contribution in [3.05, 3.63) is 12.2 Å². The molecular weight excluding hydrogens is 160 g/mol. The van der Waals surface area contributed by atoms with Crippen LogP contribution in [0.4, 0.5) is 0 Å². The van der Waals surface area contributed by atoms with Gasteiger partial charge in [0.1, 0.15) is 0 Å². The molecule has 72 valence electrons. The smallest absolute Gasteiger partial charge is 0.0837 e. The molecule has 0 fully saturated rings. The van der Waals surface area contributed by atoms with E-state index in [9.17, 15) is 5.11 Å². The summed E-state index contributed by atoms with van der Waals surface area (Å²) in [5.41, 5.74) is -0.399. The lowest BCUT2D eigenvalue weighted by atomic mass is 9.75. The lowest BCUT2D eigenvalue weighted by Crippen LogP contribution is -2.32. The molecule has 1 nitrogen and oxygen atoms in total. The summed E-state index contributed by atoms with van der Waals surface area (Å²) in [7, 11) is 0. The normalized spacial score (nSPS) is 31.2. The van der Waals surface area contributed by atoms with E-state index in [1.54, 1.807) is 0 Å². The van der Waals surface area contributed by atoms with Crippen LogP contribution in [0, 0.1) is 17.8 Å². The molecule has 1 aliphatic rings. The number of terminal acetylenes is 1. The fourth-order valence-corrected chi connectivity index (χ4v) is 1.58. The van der Waals surface area contributed by atoms with Crippen molar-refractivity contribution in [2.75, 3.05) is 0 Å². The maximum Gasteiger partial charge on any atom is 0.0837 e. The van der Waals surface area contributed by atoms with E-state index in [1.165, 1.54) is 0 Å². The highest BCUT2D eigenvalue weighted by Gasteiger charge is 2.30. The minimum Gasteiger partial charge on any atom is -0.386 e. The fraction of sp³-hybridized carbons (Fsp3) is 0.667. The maximum absolute atomic E-state index is 10.1. The van der Waals surface area contributed by atoms with E-state index in [0.717, 1.165) is 12.8 Å². The summed E-state index contributed by atoms with van der Waals surface area (Å²) in [5, 5.41) is 10.1. The summed E-state index contributed by atoms with van der Waals surface area (Å²) in [6, 6.07) is 0. The summed E-state index contributed by atoms with van der Waals surface area (Å²) in [5.74, 6) is 2.57. The molecule has 0 heterocycles. The van der Waals surface area contributed by atoms with Crippen molar-refractivity contribution in [3.63, 3.8) is 0 Å². The van der Waals surface area contributed by atoms with E-state index in [2.05, 4.69) is 25.8 Å². The van der Waals surface area contributed by atoms with Crippen LogP contribution in [0.5, 0.6) is 0 Å². The van der Waals surface area contributed by atoms with Crippen molar-refractivity contribution >= 4 is 0 Å². The first-order chi connectivity index (χ1) is 5.97. The van der Waals surface area contributed by atoms with E-state index < -0.39 is 5.60 Å². The molecule has 1 rings (SSSR count). The molecule has 1 unspecified atom stereocenters. The second-order valence-electron chi connectivity index (χ2n) is 4.63. The Kier molecular flexibility index (Phi) is 2.83. The van der Waals surface area contributed by atoms with Crippen molar-refractivity contribution in [2.24, 2.45) is 5.41 Å². The van der Waals surface area contributed by atoms with E-state index in [4.69, 9.17) is 6.42 Å². The van der Waals surface area contributed by atoms with Gasteiger partial charge in [0.05, 0.1) is 5.60 Å². The summed E-state index contributed by atoms with van der Waals surface area (Å²) in [4.78, 5) is 0. The summed E-state index contributed by atoms with van der Waals surface area (Å²) >= 11 is 0. The lowest BCUT2D eigenvalue weighted by molar-refractivity contribution is 0.0537. The molecule has 1 N–H and O–H groups in total. The van der Waals surface area contributed by atoms with Crippen molar-refractivity contribution in [2.45, 2.75) is 45.1 Å². The topological polar surface area (TPSA) is 20.2 Å². The molecule has 0 amide bonds. The van der Waals surface area contributed by atoms with Gasteiger partial charge in [0.25, 0.3) is 0 Å². The Hall–Kier alpha value is -0.740. The SMILES string of the molecule is C#CCCC1(O)C=CC(C)(C)CC1. The third-order valence-electron chi connectivity index (χ3n) is 2.75. The minimum atomic E-state index is -0.637. The van der Waals surface area contributed by atoms with E-state index in [0.29, 0.717) is 12.8 Å². The molecule has 0 spiro atoms. The summed E-state index contributed by atoms with van der Waals surface area (Å²) in [6.07, 6.45) is 12.4. The van der Waals surface area contributed by atoms with Crippen molar-refractivity contribution in [1.82, 2.24) is 0 Å². The van der Waals surface area contributed by atoms with Gasteiger partial charge < -0.3 is 5.11 Å². The van der Waals surface area contributed by atoms with Gasteiger partial charge in [-0.05, 0) is 24.7 Å². The Morgan fingerprint density at radius 3 is 2.54 bits per heavy atom. The van der Waals surface area contributed by atoms with Crippen molar-refractivity contribution < 1.29 is 5.11 Å². The standard InChI is InChI=1S/C12H18O/c1-4-5-6-12(13)9-7-11(2,3)8-10-12/h1,7,9,13H,5-6,8,10H2,2-3H3. The van der Waals surface area contributed by atoms with Crippen LogP contribution < -0.4 is 0 Å². The Bertz CT molecular complexity index is 244. The monoisotopic (exact) mass is 178 g/mol. The molecule has 0 saturated carbocycles. The molecule has 13 heavy (non-hydrogen) atoms. The first-order valence-electron chi connectivity index (χ1n) is 4.84. The lowest BCUT2D eigenvalue weighted by Gasteiger charge is -2.34.